The number of hydrogen-bond donors (Lipinski definition) is 1. The van der Waals surface area contributed by atoms with Crippen molar-refractivity contribution < 1.29 is 4.39 Å². The summed E-state index contributed by atoms with van der Waals surface area (Å²) in [5.41, 5.74) is 6.66. The number of benzene rings is 1. The fourth-order valence-corrected chi connectivity index (χ4v) is 2.60. The Morgan fingerprint density at radius 3 is 2.82 bits per heavy atom. The molecule has 17 heavy (non-hydrogen) atoms. The van der Waals surface area contributed by atoms with Crippen molar-refractivity contribution >= 4 is 11.8 Å². The molecule has 5 heteroatoms. The predicted molar refractivity (Wildman–Crippen MR) is 66.3 cm³/mol. The van der Waals surface area contributed by atoms with Gasteiger partial charge in [-0.3, -0.25) is 4.68 Å². The van der Waals surface area contributed by atoms with E-state index in [2.05, 4.69) is 5.10 Å². The van der Waals surface area contributed by atoms with Gasteiger partial charge in [-0.1, -0.05) is 11.8 Å². The molecule has 1 aromatic heterocycles. The van der Waals surface area contributed by atoms with Crippen LogP contribution in [0.1, 0.15) is 18.5 Å². The third-order valence-electron chi connectivity index (χ3n) is 2.37. The Kier molecular flexibility index (Phi) is 3.49. The van der Waals surface area contributed by atoms with Gasteiger partial charge in [0, 0.05) is 24.2 Å². The summed E-state index contributed by atoms with van der Waals surface area (Å²) in [4.78, 5) is 1.98. The van der Waals surface area contributed by atoms with Crippen LogP contribution in [0.25, 0.3) is 0 Å². The Bertz CT molecular complexity index is 522. The summed E-state index contributed by atoms with van der Waals surface area (Å²) in [6.45, 7) is 1.85. The number of rotatable bonds is 3. The Morgan fingerprint density at radius 2 is 2.24 bits per heavy atom. The van der Waals surface area contributed by atoms with E-state index in [-0.39, 0.29) is 11.9 Å². The summed E-state index contributed by atoms with van der Waals surface area (Å²) in [5.74, 6) is -0.257. The Balaban J connectivity index is 2.32. The maximum Gasteiger partial charge on any atom is 0.123 e. The molecule has 2 aromatic rings. The van der Waals surface area contributed by atoms with E-state index >= 15 is 0 Å². The second-order valence-corrected chi connectivity index (χ2v) is 5.04. The van der Waals surface area contributed by atoms with Crippen molar-refractivity contribution in [2.75, 3.05) is 0 Å². The first-order valence-electron chi connectivity index (χ1n) is 5.28. The Morgan fingerprint density at radius 1 is 1.47 bits per heavy atom. The van der Waals surface area contributed by atoms with Crippen LogP contribution in [0.5, 0.6) is 0 Å². The van der Waals surface area contributed by atoms with E-state index in [1.54, 1.807) is 28.7 Å². The number of aryl methyl sites for hydroxylation is 1. The fraction of sp³-hybridized carbons (Fsp3) is 0.250. The zero-order chi connectivity index (χ0) is 12.4. The van der Waals surface area contributed by atoms with Crippen LogP contribution in [0.4, 0.5) is 4.39 Å². The average Bonchev–Trinajstić information content (AvgIpc) is 2.66. The SMILES string of the molecule is CC(N)c1cc(F)ccc1Sc1cnn(C)c1. The van der Waals surface area contributed by atoms with Gasteiger partial charge in [0.15, 0.2) is 0 Å². The molecule has 0 aliphatic heterocycles. The second kappa shape index (κ2) is 4.89. The van der Waals surface area contributed by atoms with E-state index in [0.717, 1.165) is 15.4 Å². The van der Waals surface area contributed by atoms with Crippen molar-refractivity contribution in [2.24, 2.45) is 12.8 Å². The Labute approximate surface area is 104 Å². The van der Waals surface area contributed by atoms with Crippen molar-refractivity contribution in [3.8, 4) is 0 Å². The van der Waals surface area contributed by atoms with Crippen LogP contribution in [0.2, 0.25) is 0 Å². The van der Waals surface area contributed by atoms with Crippen LogP contribution in [0.3, 0.4) is 0 Å². The lowest BCUT2D eigenvalue weighted by Crippen LogP contribution is -2.06. The molecule has 2 rings (SSSR count). The molecular weight excluding hydrogens is 237 g/mol. The summed E-state index contributed by atoms with van der Waals surface area (Å²) in [7, 11) is 1.86. The molecule has 3 nitrogen and oxygen atoms in total. The van der Waals surface area contributed by atoms with Crippen molar-refractivity contribution in [3.63, 3.8) is 0 Å². The lowest BCUT2D eigenvalue weighted by Gasteiger charge is -2.11. The molecule has 0 aliphatic rings. The van der Waals surface area contributed by atoms with Crippen LogP contribution < -0.4 is 5.73 Å². The molecule has 0 amide bonds. The molecule has 1 heterocycles. The van der Waals surface area contributed by atoms with Crippen molar-refractivity contribution in [2.45, 2.75) is 22.8 Å². The van der Waals surface area contributed by atoms with Gasteiger partial charge in [0.05, 0.1) is 11.1 Å². The normalized spacial score (nSPS) is 12.7. The molecule has 0 aliphatic carbocycles. The summed E-state index contributed by atoms with van der Waals surface area (Å²) in [5, 5.41) is 4.10. The van der Waals surface area contributed by atoms with Crippen molar-refractivity contribution in [3.05, 3.63) is 42.0 Å². The van der Waals surface area contributed by atoms with Crippen LogP contribution in [-0.4, -0.2) is 9.78 Å². The van der Waals surface area contributed by atoms with Crippen LogP contribution in [-0.2, 0) is 7.05 Å². The minimum Gasteiger partial charge on any atom is -0.324 e. The topological polar surface area (TPSA) is 43.8 Å². The highest BCUT2D eigenvalue weighted by Crippen LogP contribution is 2.32. The summed E-state index contributed by atoms with van der Waals surface area (Å²) < 4.78 is 14.9. The molecule has 0 saturated carbocycles. The molecule has 90 valence electrons. The van der Waals surface area contributed by atoms with Gasteiger partial charge in [-0.2, -0.15) is 5.10 Å². The lowest BCUT2D eigenvalue weighted by atomic mass is 10.1. The molecule has 0 bridgehead atoms. The zero-order valence-corrected chi connectivity index (χ0v) is 10.5. The van der Waals surface area contributed by atoms with Gasteiger partial charge in [0.1, 0.15) is 5.82 Å². The van der Waals surface area contributed by atoms with Gasteiger partial charge in [0.25, 0.3) is 0 Å². The minimum absolute atomic E-state index is 0.190. The number of aromatic nitrogens is 2. The van der Waals surface area contributed by atoms with Crippen LogP contribution in [0, 0.1) is 5.82 Å². The maximum atomic E-state index is 13.2. The lowest BCUT2D eigenvalue weighted by molar-refractivity contribution is 0.619. The molecule has 0 spiro atoms. The third-order valence-corrected chi connectivity index (χ3v) is 3.41. The van der Waals surface area contributed by atoms with E-state index in [9.17, 15) is 4.39 Å². The van der Waals surface area contributed by atoms with Gasteiger partial charge in [-0.05, 0) is 30.7 Å². The van der Waals surface area contributed by atoms with E-state index in [0.29, 0.717) is 0 Å². The summed E-state index contributed by atoms with van der Waals surface area (Å²) in [6.07, 6.45) is 3.69. The molecule has 0 saturated heterocycles. The van der Waals surface area contributed by atoms with Gasteiger partial charge in [-0.25, -0.2) is 4.39 Å². The van der Waals surface area contributed by atoms with Crippen molar-refractivity contribution in [1.29, 1.82) is 0 Å². The largest absolute Gasteiger partial charge is 0.324 e. The molecule has 1 unspecified atom stereocenters. The first kappa shape index (κ1) is 12.1. The highest BCUT2D eigenvalue weighted by Gasteiger charge is 2.10. The molecule has 0 radical (unpaired) electrons. The van der Waals surface area contributed by atoms with Crippen LogP contribution in [0.15, 0.2) is 40.4 Å². The molecule has 1 atom stereocenters. The summed E-state index contributed by atoms with van der Waals surface area (Å²) >= 11 is 1.54. The van der Waals surface area contributed by atoms with Crippen LogP contribution >= 0.6 is 11.8 Å². The maximum absolute atomic E-state index is 13.2. The number of hydrogen-bond acceptors (Lipinski definition) is 3. The van der Waals surface area contributed by atoms with Crippen molar-refractivity contribution in [1.82, 2.24) is 9.78 Å². The first-order valence-corrected chi connectivity index (χ1v) is 6.09. The first-order chi connectivity index (χ1) is 8.06. The van der Waals surface area contributed by atoms with Gasteiger partial charge < -0.3 is 5.73 Å². The van der Waals surface area contributed by atoms with Gasteiger partial charge >= 0.3 is 0 Å². The highest BCUT2D eigenvalue weighted by atomic mass is 32.2. The molecule has 0 fully saturated rings. The van der Waals surface area contributed by atoms with E-state index in [1.165, 1.54) is 12.1 Å². The fourth-order valence-electron chi connectivity index (χ4n) is 1.55. The van der Waals surface area contributed by atoms with E-state index in [1.807, 2.05) is 20.2 Å². The monoisotopic (exact) mass is 251 g/mol. The standard InChI is InChI=1S/C12H14FN3S/c1-8(14)11-5-9(13)3-4-12(11)17-10-6-15-16(2)7-10/h3-8H,14H2,1-2H3. The Hall–Kier alpha value is -1.33. The highest BCUT2D eigenvalue weighted by molar-refractivity contribution is 7.99. The minimum atomic E-state index is -0.257. The van der Waals surface area contributed by atoms with Gasteiger partial charge in [0.2, 0.25) is 0 Å². The van der Waals surface area contributed by atoms with Gasteiger partial charge in [-0.15, -0.1) is 0 Å². The number of halogens is 1. The second-order valence-electron chi connectivity index (χ2n) is 3.92. The predicted octanol–water partition coefficient (Wildman–Crippen LogP) is 2.73. The summed E-state index contributed by atoms with van der Waals surface area (Å²) in [6, 6.07) is 4.50. The zero-order valence-electron chi connectivity index (χ0n) is 9.72. The average molecular weight is 251 g/mol. The number of nitrogens with zero attached hydrogens (tertiary/aromatic N) is 2. The third kappa shape index (κ3) is 2.87. The van der Waals surface area contributed by atoms with E-state index in [4.69, 9.17) is 5.73 Å². The smallest absolute Gasteiger partial charge is 0.123 e. The van der Waals surface area contributed by atoms with E-state index < -0.39 is 0 Å². The molecule has 2 N–H and O–H groups in total. The molecule has 1 aromatic carbocycles. The number of nitrogens with two attached hydrogens (primary N) is 1. The molecular formula is C12H14FN3S. The quantitative estimate of drug-likeness (QED) is 0.912.